The summed E-state index contributed by atoms with van der Waals surface area (Å²) in [4.78, 5) is 12.2. The van der Waals surface area contributed by atoms with E-state index in [9.17, 15) is 4.79 Å². The van der Waals surface area contributed by atoms with Gasteiger partial charge in [0.15, 0.2) is 5.17 Å². The van der Waals surface area contributed by atoms with Crippen molar-refractivity contribution < 1.29 is 4.79 Å². The van der Waals surface area contributed by atoms with Crippen molar-refractivity contribution >= 4 is 51.4 Å². The first-order valence-electron chi connectivity index (χ1n) is 8.50. The quantitative estimate of drug-likeness (QED) is 0.517. The molecule has 0 saturated carbocycles. The lowest BCUT2D eigenvalue weighted by molar-refractivity contribution is -0.118. The highest BCUT2D eigenvalue weighted by molar-refractivity contribution is 8.15. The van der Waals surface area contributed by atoms with Crippen LogP contribution in [0, 0.1) is 0 Å². The first kappa shape index (κ1) is 17.8. The number of nitrogens with one attached hydrogen (secondary N) is 1. The number of nitrogens with zero attached hydrogens (tertiary/aromatic N) is 2. The van der Waals surface area contributed by atoms with Crippen LogP contribution in [0.4, 0.5) is 0 Å². The molecule has 0 radical (unpaired) electrons. The third-order valence-electron chi connectivity index (χ3n) is 4.26. The number of benzene rings is 3. The molecular weight excluding hydrogens is 378 g/mol. The Bertz CT molecular complexity index is 1060. The largest absolute Gasteiger partial charge is 0.303 e. The van der Waals surface area contributed by atoms with E-state index in [-0.39, 0.29) is 11.2 Å². The van der Waals surface area contributed by atoms with E-state index >= 15 is 0 Å². The Hall–Kier alpha value is -2.63. The third-order valence-corrected chi connectivity index (χ3v) is 5.56. The van der Waals surface area contributed by atoms with E-state index in [0.29, 0.717) is 16.6 Å². The number of amides is 1. The summed E-state index contributed by atoms with van der Waals surface area (Å²) in [6, 6.07) is 21.7. The summed E-state index contributed by atoms with van der Waals surface area (Å²) in [5, 5.41) is 14.4. The van der Waals surface area contributed by atoms with Gasteiger partial charge in [0, 0.05) is 10.6 Å². The van der Waals surface area contributed by atoms with Crippen LogP contribution in [0.15, 0.2) is 76.9 Å². The molecule has 0 aliphatic carbocycles. The highest BCUT2D eigenvalue weighted by Gasteiger charge is 2.30. The van der Waals surface area contributed by atoms with Gasteiger partial charge in [-0.05, 0) is 34.9 Å². The Morgan fingerprint density at radius 2 is 1.89 bits per heavy atom. The van der Waals surface area contributed by atoms with E-state index in [1.807, 2.05) is 48.5 Å². The molecule has 4 rings (SSSR count). The highest BCUT2D eigenvalue weighted by atomic mass is 35.5. The molecule has 6 heteroatoms. The lowest BCUT2D eigenvalue weighted by Gasteiger charge is -2.05. The molecule has 134 valence electrons. The molecule has 1 atom stereocenters. The fourth-order valence-electron chi connectivity index (χ4n) is 2.97. The lowest BCUT2D eigenvalue weighted by atomic mass is 10.1. The van der Waals surface area contributed by atoms with E-state index in [2.05, 4.69) is 33.7 Å². The van der Waals surface area contributed by atoms with Gasteiger partial charge in [0.05, 0.1) is 11.5 Å². The fourth-order valence-corrected chi connectivity index (χ4v) is 4.15. The van der Waals surface area contributed by atoms with Gasteiger partial charge in [-0.3, -0.25) is 4.79 Å². The topological polar surface area (TPSA) is 53.8 Å². The third kappa shape index (κ3) is 4.21. The second-order valence-corrected chi connectivity index (χ2v) is 7.78. The Labute approximate surface area is 166 Å². The Morgan fingerprint density at radius 1 is 1.07 bits per heavy atom. The van der Waals surface area contributed by atoms with Crippen LogP contribution in [0.1, 0.15) is 11.1 Å². The second kappa shape index (κ2) is 7.94. The molecule has 27 heavy (non-hydrogen) atoms. The number of halogens is 1. The molecule has 3 aromatic rings. The van der Waals surface area contributed by atoms with Gasteiger partial charge in [-0.1, -0.05) is 78.0 Å². The predicted molar refractivity (Wildman–Crippen MR) is 114 cm³/mol. The SMILES string of the molecule is O=C1N/C(=N\N=C\c2cccc3ccccc23)SC1Cc1cccc(Cl)c1. The van der Waals surface area contributed by atoms with Crippen LogP contribution in [0.3, 0.4) is 0 Å². The summed E-state index contributed by atoms with van der Waals surface area (Å²) in [6.07, 6.45) is 2.31. The zero-order valence-corrected chi connectivity index (χ0v) is 15.9. The number of amidine groups is 1. The molecule has 1 aliphatic rings. The second-order valence-electron chi connectivity index (χ2n) is 6.15. The van der Waals surface area contributed by atoms with Crippen molar-refractivity contribution in [3.63, 3.8) is 0 Å². The first-order chi connectivity index (χ1) is 13.2. The molecule has 1 heterocycles. The Kier molecular flexibility index (Phi) is 5.23. The van der Waals surface area contributed by atoms with Gasteiger partial charge < -0.3 is 5.32 Å². The van der Waals surface area contributed by atoms with Gasteiger partial charge in [0.1, 0.15) is 0 Å². The zero-order valence-electron chi connectivity index (χ0n) is 14.3. The number of fused-ring (bicyclic) bond motifs is 1. The zero-order chi connectivity index (χ0) is 18.6. The number of thioether (sulfide) groups is 1. The van der Waals surface area contributed by atoms with Crippen LogP contribution < -0.4 is 5.32 Å². The van der Waals surface area contributed by atoms with Gasteiger partial charge in [0.2, 0.25) is 5.91 Å². The van der Waals surface area contributed by atoms with Gasteiger partial charge in [-0.2, -0.15) is 5.10 Å². The number of carbonyl (C=O) groups is 1. The monoisotopic (exact) mass is 393 g/mol. The van der Waals surface area contributed by atoms with Gasteiger partial charge in [-0.15, -0.1) is 5.10 Å². The molecule has 0 aromatic heterocycles. The normalized spacial score (nSPS) is 18.5. The summed E-state index contributed by atoms with van der Waals surface area (Å²) in [6.45, 7) is 0. The number of hydrogen-bond donors (Lipinski definition) is 1. The van der Waals surface area contributed by atoms with Crippen LogP contribution in [-0.2, 0) is 11.2 Å². The summed E-state index contributed by atoms with van der Waals surface area (Å²) in [5.41, 5.74) is 2.01. The van der Waals surface area contributed by atoms with Crippen molar-refractivity contribution in [3.8, 4) is 0 Å². The minimum Gasteiger partial charge on any atom is -0.303 e. The average molecular weight is 394 g/mol. The van der Waals surface area contributed by atoms with Gasteiger partial charge in [-0.25, -0.2) is 0 Å². The van der Waals surface area contributed by atoms with Crippen molar-refractivity contribution in [1.82, 2.24) is 5.32 Å². The van der Waals surface area contributed by atoms with Gasteiger partial charge >= 0.3 is 0 Å². The first-order valence-corrected chi connectivity index (χ1v) is 9.75. The molecule has 0 spiro atoms. The minimum absolute atomic E-state index is 0.0564. The average Bonchev–Trinajstić information content (AvgIpc) is 3.01. The van der Waals surface area contributed by atoms with Gasteiger partial charge in [0.25, 0.3) is 0 Å². The Morgan fingerprint density at radius 3 is 2.78 bits per heavy atom. The number of rotatable bonds is 4. The van der Waals surface area contributed by atoms with Crippen LogP contribution in [0.5, 0.6) is 0 Å². The molecule has 1 N–H and O–H groups in total. The maximum atomic E-state index is 12.2. The molecule has 1 saturated heterocycles. The van der Waals surface area contributed by atoms with Crippen molar-refractivity contribution in [3.05, 3.63) is 82.9 Å². The van der Waals surface area contributed by atoms with Crippen molar-refractivity contribution in [2.45, 2.75) is 11.7 Å². The van der Waals surface area contributed by atoms with Crippen molar-refractivity contribution in [1.29, 1.82) is 0 Å². The molecule has 1 aliphatic heterocycles. The van der Waals surface area contributed by atoms with Crippen LogP contribution >= 0.6 is 23.4 Å². The smallest absolute Gasteiger partial charge is 0.239 e. The standard InChI is InChI=1S/C21H16ClN3OS/c22-17-9-3-5-14(11-17)12-19-20(26)24-21(27-19)25-23-13-16-8-4-7-15-6-1-2-10-18(15)16/h1-11,13,19H,12H2,(H,24,25,26)/b23-13+. The molecule has 4 nitrogen and oxygen atoms in total. The van der Waals surface area contributed by atoms with E-state index in [4.69, 9.17) is 11.6 Å². The maximum absolute atomic E-state index is 12.2. The van der Waals surface area contributed by atoms with Crippen molar-refractivity contribution in [2.24, 2.45) is 10.2 Å². The summed E-state index contributed by atoms with van der Waals surface area (Å²) in [5.74, 6) is -0.0564. The molecule has 1 unspecified atom stereocenters. The maximum Gasteiger partial charge on any atom is 0.239 e. The molecule has 3 aromatic carbocycles. The van der Waals surface area contributed by atoms with E-state index in [1.54, 1.807) is 6.21 Å². The molecule has 1 amide bonds. The molecular formula is C21H16ClN3OS. The molecule has 1 fully saturated rings. The predicted octanol–water partition coefficient (Wildman–Crippen LogP) is 4.66. The van der Waals surface area contributed by atoms with E-state index in [0.717, 1.165) is 21.9 Å². The van der Waals surface area contributed by atoms with Crippen molar-refractivity contribution in [2.75, 3.05) is 0 Å². The van der Waals surface area contributed by atoms with E-state index in [1.165, 1.54) is 11.8 Å². The van der Waals surface area contributed by atoms with E-state index < -0.39 is 0 Å². The molecule has 0 bridgehead atoms. The highest BCUT2D eigenvalue weighted by Crippen LogP contribution is 2.24. The van der Waals surface area contributed by atoms with Crippen LogP contribution in [-0.4, -0.2) is 22.5 Å². The minimum atomic E-state index is -0.227. The number of hydrogen-bond acceptors (Lipinski definition) is 4. The fraction of sp³-hybridized carbons (Fsp3) is 0.0952. The number of carbonyl (C=O) groups excluding carboxylic acids is 1. The summed E-state index contributed by atoms with van der Waals surface area (Å²) in [7, 11) is 0. The summed E-state index contributed by atoms with van der Waals surface area (Å²) >= 11 is 7.40. The lowest BCUT2D eigenvalue weighted by Crippen LogP contribution is -2.25. The summed E-state index contributed by atoms with van der Waals surface area (Å²) < 4.78 is 0. The Balaban J connectivity index is 1.47. The van der Waals surface area contributed by atoms with Crippen LogP contribution in [0.25, 0.3) is 10.8 Å². The van der Waals surface area contributed by atoms with Crippen LogP contribution in [0.2, 0.25) is 5.02 Å².